The van der Waals surface area contributed by atoms with Crippen molar-refractivity contribution in [3.63, 3.8) is 0 Å². The van der Waals surface area contributed by atoms with E-state index in [2.05, 4.69) is 42.5 Å². The molecule has 26 heavy (non-hydrogen) atoms. The Morgan fingerprint density at radius 3 is 1.88 bits per heavy atom. The number of thioether (sulfide) groups is 1. The molecule has 0 bridgehead atoms. The number of rotatable bonds is 3. The Labute approximate surface area is 158 Å². The Morgan fingerprint density at radius 2 is 1.27 bits per heavy atom. The highest BCUT2D eigenvalue weighted by Crippen LogP contribution is 2.51. The first-order valence-corrected chi connectivity index (χ1v) is 9.81. The second-order valence-corrected chi connectivity index (χ2v) is 7.78. The molecule has 0 aromatic heterocycles. The van der Waals surface area contributed by atoms with Crippen LogP contribution < -0.4 is 0 Å². The van der Waals surface area contributed by atoms with E-state index in [9.17, 15) is 4.79 Å². The molecule has 3 aromatic carbocycles. The van der Waals surface area contributed by atoms with Gasteiger partial charge in [0.2, 0.25) is 0 Å². The zero-order valence-corrected chi connectivity index (χ0v) is 15.2. The second-order valence-electron chi connectivity index (χ2n) is 6.46. The van der Waals surface area contributed by atoms with Gasteiger partial charge in [0.15, 0.2) is 5.78 Å². The minimum absolute atomic E-state index is 0.0582. The van der Waals surface area contributed by atoms with E-state index < -0.39 is 0 Å². The maximum atomic E-state index is 13.1. The van der Waals surface area contributed by atoms with Crippen LogP contribution in [-0.4, -0.2) is 5.78 Å². The molecule has 1 saturated heterocycles. The maximum absolute atomic E-state index is 13.1. The smallest absolute Gasteiger partial charge is 0.161 e. The van der Waals surface area contributed by atoms with Crippen LogP contribution in [-0.2, 0) is 4.79 Å². The Kier molecular flexibility index (Phi) is 5.03. The lowest BCUT2D eigenvalue weighted by Gasteiger charge is -2.31. The molecule has 3 aromatic rings. The van der Waals surface area contributed by atoms with Crippen molar-refractivity contribution in [1.29, 1.82) is 0 Å². The van der Waals surface area contributed by atoms with Crippen LogP contribution in [0.15, 0.2) is 96.6 Å². The molecule has 1 fully saturated rings. The zero-order chi connectivity index (χ0) is 17.8. The van der Waals surface area contributed by atoms with Crippen molar-refractivity contribution in [2.75, 3.05) is 0 Å². The van der Waals surface area contributed by atoms with Crippen LogP contribution in [0.3, 0.4) is 0 Å². The summed E-state index contributed by atoms with van der Waals surface area (Å²) in [5.41, 5.74) is 4.40. The van der Waals surface area contributed by atoms with Crippen molar-refractivity contribution in [2.24, 2.45) is 0 Å². The van der Waals surface area contributed by atoms with Crippen LogP contribution >= 0.6 is 11.8 Å². The molecule has 1 heterocycles. The number of Topliss-reactive ketones (excluding diaryl/α,β-unsaturated/α-hetero) is 1. The van der Waals surface area contributed by atoms with Gasteiger partial charge >= 0.3 is 0 Å². The van der Waals surface area contributed by atoms with Crippen LogP contribution in [0.2, 0.25) is 0 Å². The molecule has 1 nitrogen and oxygen atoms in total. The highest BCUT2D eigenvalue weighted by molar-refractivity contribution is 8.00. The molecule has 1 aliphatic rings. The van der Waals surface area contributed by atoms with Gasteiger partial charge in [0.05, 0.1) is 5.25 Å². The molecule has 0 unspecified atom stereocenters. The summed E-state index contributed by atoms with van der Waals surface area (Å²) in [4.78, 5) is 13.1. The monoisotopic (exact) mass is 356 g/mol. The normalized spacial score (nSPS) is 21.7. The van der Waals surface area contributed by atoms with E-state index in [1.807, 2.05) is 66.4 Å². The lowest BCUT2D eigenvalue weighted by Crippen LogP contribution is -2.19. The molecule has 1 aliphatic heterocycles. The first-order valence-electron chi connectivity index (χ1n) is 8.86. The summed E-state index contributed by atoms with van der Waals surface area (Å²) in [6.45, 7) is 0. The summed E-state index contributed by atoms with van der Waals surface area (Å²) in [5, 5.41) is 0.254. The number of ketones is 1. The number of hydrogen-bond donors (Lipinski definition) is 0. The van der Waals surface area contributed by atoms with E-state index in [1.165, 1.54) is 11.1 Å². The van der Waals surface area contributed by atoms with E-state index in [0.29, 0.717) is 6.42 Å². The average molecular weight is 356 g/mol. The van der Waals surface area contributed by atoms with Crippen molar-refractivity contribution in [2.45, 2.75) is 16.9 Å². The Bertz CT molecular complexity index is 901. The van der Waals surface area contributed by atoms with Crippen LogP contribution in [0.25, 0.3) is 6.08 Å². The number of benzene rings is 3. The molecule has 128 valence electrons. The largest absolute Gasteiger partial charge is 0.294 e. The second kappa shape index (κ2) is 7.76. The average Bonchev–Trinajstić information content (AvgIpc) is 2.71. The van der Waals surface area contributed by atoms with E-state index in [0.717, 1.165) is 11.1 Å². The van der Waals surface area contributed by atoms with Gasteiger partial charge in [0.1, 0.15) is 0 Å². The van der Waals surface area contributed by atoms with Crippen molar-refractivity contribution in [1.82, 2.24) is 0 Å². The van der Waals surface area contributed by atoms with Crippen LogP contribution in [0, 0.1) is 0 Å². The lowest BCUT2D eigenvalue weighted by molar-refractivity contribution is -0.115. The predicted octanol–water partition coefficient (Wildman–Crippen LogP) is 6.26. The zero-order valence-electron chi connectivity index (χ0n) is 14.4. The van der Waals surface area contributed by atoms with E-state index >= 15 is 0 Å². The van der Waals surface area contributed by atoms with Crippen LogP contribution in [0.1, 0.15) is 33.6 Å². The summed E-state index contributed by atoms with van der Waals surface area (Å²) in [6.07, 6.45) is 2.62. The van der Waals surface area contributed by atoms with E-state index in [-0.39, 0.29) is 16.3 Å². The molecule has 2 heteroatoms. The molecule has 2 atom stereocenters. The Hall–Kier alpha value is -2.58. The first kappa shape index (κ1) is 16.9. The highest BCUT2D eigenvalue weighted by atomic mass is 32.2. The highest BCUT2D eigenvalue weighted by Gasteiger charge is 2.34. The molecule has 0 amide bonds. The van der Waals surface area contributed by atoms with Gasteiger partial charge in [-0.15, -0.1) is 11.8 Å². The SMILES string of the molecule is O=C1C[C@H](c2ccccc2)S[C@@H](c2ccccc2)C1=Cc1ccccc1. The Morgan fingerprint density at radius 1 is 0.731 bits per heavy atom. The summed E-state index contributed by atoms with van der Waals surface area (Å²) in [6, 6.07) is 30.9. The summed E-state index contributed by atoms with van der Waals surface area (Å²) in [7, 11) is 0. The first-order chi connectivity index (χ1) is 12.8. The third-order valence-electron chi connectivity index (χ3n) is 4.67. The Balaban J connectivity index is 1.74. The van der Waals surface area contributed by atoms with Crippen molar-refractivity contribution >= 4 is 23.6 Å². The van der Waals surface area contributed by atoms with Gasteiger partial charge in [-0.25, -0.2) is 0 Å². The van der Waals surface area contributed by atoms with Gasteiger partial charge in [0, 0.05) is 17.2 Å². The van der Waals surface area contributed by atoms with Crippen molar-refractivity contribution in [3.8, 4) is 0 Å². The van der Waals surface area contributed by atoms with E-state index in [1.54, 1.807) is 0 Å². The van der Waals surface area contributed by atoms with Crippen molar-refractivity contribution in [3.05, 3.63) is 113 Å². The summed E-state index contributed by atoms with van der Waals surface area (Å²) in [5.74, 6) is 0.246. The fraction of sp³-hybridized carbons (Fsp3) is 0.125. The fourth-order valence-corrected chi connectivity index (χ4v) is 4.90. The topological polar surface area (TPSA) is 17.1 Å². The summed E-state index contributed by atoms with van der Waals surface area (Å²) >= 11 is 1.88. The lowest BCUT2D eigenvalue weighted by atomic mass is 9.94. The van der Waals surface area contributed by atoms with Gasteiger partial charge < -0.3 is 0 Å². The van der Waals surface area contributed by atoms with Crippen LogP contribution in [0.5, 0.6) is 0 Å². The quantitative estimate of drug-likeness (QED) is 0.515. The third-order valence-corrected chi connectivity index (χ3v) is 6.24. The van der Waals surface area contributed by atoms with E-state index in [4.69, 9.17) is 0 Å². The number of carbonyl (C=O) groups excluding carboxylic acids is 1. The molecular formula is C24H20OS. The standard InChI is InChI=1S/C24H20OS/c25-22-17-23(19-12-6-2-7-13-19)26-24(20-14-8-3-9-15-20)21(22)16-18-10-4-1-5-11-18/h1-16,23-24H,17H2/t23-,24+/m1/s1. The molecule has 0 aliphatic carbocycles. The molecule has 4 rings (SSSR count). The van der Waals surface area contributed by atoms with Gasteiger partial charge in [-0.1, -0.05) is 91.0 Å². The number of hydrogen-bond acceptors (Lipinski definition) is 2. The van der Waals surface area contributed by atoms with Crippen molar-refractivity contribution < 1.29 is 4.79 Å². The van der Waals surface area contributed by atoms with Gasteiger partial charge in [-0.3, -0.25) is 4.79 Å². The minimum Gasteiger partial charge on any atom is -0.294 e. The minimum atomic E-state index is 0.0582. The number of carbonyl (C=O) groups is 1. The third kappa shape index (κ3) is 3.66. The molecule has 0 N–H and O–H groups in total. The maximum Gasteiger partial charge on any atom is 0.161 e. The fourth-order valence-electron chi connectivity index (χ4n) is 3.35. The molecular weight excluding hydrogens is 336 g/mol. The molecule has 0 radical (unpaired) electrons. The van der Waals surface area contributed by atoms with Gasteiger partial charge in [-0.2, -0.15) is 0 Å². The summed E-state index contributed by atoms with van der Waals surface area (Å²) < 4.78 is 0. The molecule has 0 saturated carbocycles. The predicted molar refractivity (Wildman–Crippen MR) is 110 cm³/mol. The van der Waals surface area contributed by atoms with Gasteiger partial charge in [-0.05, 0) is 22.8 Å². The van der Waals surface area contributed by atoms with Gasteiger partial charge in [0.25, 0.3) is 0 Å². The molecule has 0 spiro atoms. The van der Waals surface area contributed by atoms with Crippen LogP contribution in [0.4, 0.5) is 0 Å².